The minimum absolute atomic E-state index is 0.126. The van der Waals surface area contributed by atoms with Crippen LogP contribution in [0.2, 0.25) is 0 Å². The van der Waals surface area contributed by atoms with E-state index in [1.807, 2.05) is 17.0 Å². The Morgan fingerprint density at radius 1 is 1.07 bits per heavy atom. The van der Waals surface area contributed by atoms with Gasteiger partial charge in [-0.25, -0.2) is 4.98 Å². The van der Waals surface area contributed by atoms with Crippen molar-refractivity contribution in [1.82, 2.24) is 15.2 Å². The normalized spacial score (nSPS) is 15.5. The monoisotopic (exact) mass is 456 g/mol. The van der Waals surface area contributed by atoms with Gasteiger partial charge in [-0.15, -0.1) is 0 Å². The van der Waals surface area contributed by atoms with Crippen LogP contribution < -0.4 is 10.2 Å². The first-order valence-corrected chi connectivity index (χ1v) is 9.67. The van der Waals surface area contributed by atoms with Crippen LogP contribution in [0.4, 0.5) is 19.0 Å². The van der Waals surface area contributed by atoms with Crippen LogP contribution in [0.25, 0.3) is 0 Å². The molecule has 1 N–H and O–H groups in total. The van der Waals surface area contributed by atoms with Crippen LogP contribution >= 0.6 is 15.9 Å². The Morgan fingerprint density at radius 2 is 1.75 bits per heavy atom. The van der Waals surface area contributed by atoms with E-state index in [0.717, 1.165) is 10.5 Å². The fraction of sp³-hybridized carbons (Fsp3) is 0.368. The molecular formula is C19H20BrF3N4O. The Balaban J connectivity index is 1.44. The number of amides is 1. The van der Waals surface area contributed by atoms with Crippen LogP contribution in [0.3, 0.4) is 0 Å². The topological polar surface area (TPSA) is 48.5 Å². The second-order valence-electron chi connectivity index (χ2n) is 6.47. The minimum atomic E-state index is -4.44. The molecule has 2 aromatic rings. The van der Waals surface area contributed by atoms with Crippen molar-refractivity contribution in [2.45, 2.75) is 6.18 Å². The van der Waals surface area contributed by atoms with E-state index in [1.54, 1.807) is 18.2 Å². The van der Waals surface area contributed by atoms with E-state index in [9.17, 15) is 18.0 Å². The van der Waals surface area contributed by atoms with E-state index in [1.165, 1.54) is 6.07 Å². The third-order valence-electron chi connectivity index (χ3n) is 4.54. The maximum absolute atomic E-state index is 12.8. The van der Waals surface area contributed by atoms with E-state index in [-0.39, 0.29) is 5.91 Å². The van der Waals surface area contributed by atoms with E-state index >= 15 is 0 Å². The molecule has 1 aromatic carbocycles. The molecule has 1 saturated heterocycles. The molecule has 1 amide bonds. The maximum Gasteiger partial charge on any atom is 0.433 e. The van der Waals surface area contributed by atoms with Crippen molar-refractivity contribution in [2.24, 2.45) is 0 Å². The van der Waals surface area contributed by atoms with Crippen molar-refractivity contribution in [3.05, 3.63) is 58.2 Å². The summed E-state index contributed by atoms with van der Waals surface area (Å²) in [5, 5.41) is 2.89. The second kappa shape index (κ2) is 8.91. The fourth-order valence-electron chi connectivity index (χ4n) is 2.99. The van der Waals surface area contributed by atoms with Crippen LogP contribution in [0.5, 0.6) is 0 Å². The summed E-state index contributed by atoms with van der Waals surface area (Å²) in [6, 6.07) is 11.1. The molecule has 0 spiro atoms. The Hall–Kier alpha value is -2.13. The second-order valence-corrected chi connectivity index (χ2v) is 7.39. The van der Waals surface area contributed by atoms with Gasteiger partial charge >= 0.3 is 6.18 Å². The number of hydrogen-bond donors (Lipinski definition) is 1. The lowest BCUT2D eigenvalue weighted by atomic mass is 10.2. The number of nitrogens with one attached hydrogen (secondary N) is 1. The predicted molar refractivity (Wildman–Crippen MR) is 104 cm³/mol. The maximum atomic E-state index is 12.8. The number of anilines is 1. The van der Waals surface area contributed by atoms with Gasteiger partial charge in [-0.1, -0.05) is 22.0 Å². The summed E-state index contributed by atoms with van der Waals surface area (Å²) in [7, 11) is 0. The standard InChI is InChI=1S/C19H20BrF3N4O/c20-15-6-4-14(5-7-15)18(28)24-8-9-26-10-12-27(13-11-26)17-3-1-2-16(25-17)19(21,22)23/h1-7H,8-13H2,(H,24,28). The number of benzene rings is 1. The number of piperazine rings is 1. The predicted octanol–water partition coefficient (Wildman–Crippen LogP) is 3.41. The molecule has 0 radical (unpaired) electrons. The Labute approximate surface area is 169 Å². The van der Waals surface area contributed by atoms with Crippen LogP contribution in [0.1, 0.15) is 16.1 Å². The third kappa shape index (κ3) is 5.45. The molecule has 0 unspecified atom stereocenters. The molecule has 0 bridgehead atoms. The molecule has 0 atom stereocenters. The van der Waals surface area contributed by atoms with Gasteiger partial charge in [0.15, 0.2) is 0 Å². The molecule has 0 aliphatic carbocycles. The SMILES string of the molecule is O=C(NCCN1CCN(c2cccc(C(F)(F)F)n2)CC1)c1ccc(Br)cc1. The van der Waals surface area contributed by atoms with Crippen LogP contribution in [-0.2, 0) is 6.18 Å². The van der Waals surface area contributed by atoms with Crippen molar-refractivity contribution in [3.63, 3.8) is 0 Å². The average Bonchev–Trinajstić information content (AvgIpc) is 2.68. The van der Waals surface area contributed by atoms with Gasteiger partial charge in [0, 0.05) is 49.3 Å². The molecule has 150 valence electrons. The Bertz CT molecular complexity index is 806. The molecule has 1 aromatic heterocycles. The van der Waals surface area contributed by atoms with Crippen LogP contribution in [0.15, 0.2) is 46.9 Å². The molecule has 3 rings (SSSR count). The zero-order valence-electron chi connectivity index (χ0n) is 15.0. The summed E-state index contributed by atoms with van der Waals surface area (Å²) in [5.41, 5.74) is -0.272. The number of aromatic nitrogens is 1. The van der Waals surface area contributed by atoms with Crippen LogP contribution in [-0.4, -0.2) is 55.1 Å². The van der Waals surface area contributed by atoms with Gasteiger partial charge < -0.3 is 10.2 Å². The van der Waals surface area contributed by atoms with Crippen molar-refractivity contribution in [1.29, 1.82) is 0 Å². The van der Waals surface area contributed by atoms with Crippen molar-refractivity contribution >= 4 is 27.7 Å². The third-order valence-corrected chi connectivity index (χ3v) is 5.07. The van der Waals surface area contributed by atoms with Crippen molar-refractivity contribution in [3.8, 4) is 0 Å². The highest BCUT2D eigenvalue weighted by Gasteiger charge is 2.33. The van der Waals surface area contributed by atoms with E-state index in [0.29, 0.717) is 50.6 Å². The van der Waals surface area contributed by atoms with E-state index in [4.69, 9.17) is 0 Å². The molecule has 28 heavy (non-hydrogen) atoms. The summed E-state index contributed by atoms with van der Waals surface area (Å²) in [5.74, 6) is 0.220. The van der Waals surface area contributed by atoms with Gasteiger partial charge in [-0.2, -0.15) is 13.2 Å². The van der Waals surface area contributed by atoms with E-state index in [2.05, 4.69) is 31.1 Å². The van der Waals surface area contributed by atoms with Crippen molar-refractivity contribution in [2.75, 3.05) is 44.2 Å². The summed E-state index contributed by atoms with van der Waals surface area (Å²) >= 11 is 3.33. The highest BCUT2D eigenvalue weighted by Crippen LogP contribution is 2.29. The molecule has 9 heteroatoms. The lowest BCUT2D eigenvalue weighted by Crippen LogP contribution is -2.48. The van der Waals surface area contributed by atoms with Gasteiger partial charge in [0.25, 0.3) is 5.91 Å². The summed E-state index contributed by atoms with van der Waals surface area (Å²) in [4.78, 5) is 19.9. The number of halogens is 4. The zero-order valence-corrected chi connectivity index (χ0v) is 16.6. The first kappa shape index (κ1) is 20.6. The summed E-state index contributed by atoms with van der Waals surface area (Å²) in [6.45, 7) is 3.78. The average molecular weight is 457 g/mol. The Morgan fingerprint density at radius 3 is 2.39 bits per heavy atom. The largest absolute Gasteiger partial charge is 0.433 e. The highest BCUT2D eigenvalue weighted by atomic mass is 79.9. The fourth-order valence-corrected chi connectivity index (χ4v) is 3.25. The van der Waals surface area contributed by atoms with E-state index < -0.39 is 11.9 Å². The number of nitrogens with zero attached hydrogens (tertiary/aromatic N) is 3. The zero-order chi connectivity index (χ0) is 20.1. The van der Waals surface area contributed by atoms with Crippen molar-refractivity contribution < 1.29 is 18.0 Å². The van der Waals surface area contributed by atoms with Gasteiger partial charge in [0.1, 0.15) is 11.5 Å². The molecule has 2 heterocycles. The number of carbonyl (C=O) groups is 1. The lowest BCUT2D eigenvalue weighted by Gasteiger charge is -2.35. The number of carbonyl (C=O) groups excluding carboxylic acids is 1. The Kier molecular flexibility index (Phi) is 6.56. The molecular weight excluding hydrogens is 437 g/mol. The molecule has 1 fully saturated rings. The van der Waals surface area contributed by atoms with Gasteiger partial charge in [-0.3, -0.25) is 9.69 Å². The molecule has 1 aliphatic rings. The molecule has 5 nitrogen and oxygen atoms in total. The number of pyridine rings is 1. The molecule has 1 aliphatic heterocycles. The molecule has 0 saturated carbocycles. The van der Waals surface area contributed by atoms with Gasteiger partial charge in [0.05, 0.1) is 0 Å². The van der Waals surface area contributed by atoms with Gasteiger partial charge in [0.2, 0.25) is 0 Å². The van der Waals surface area contributed by atoms with Crippen LogP contribution in [0, 0.1) is 0 Å². The highest BCUT2D eigenvalue weighted by molar-refractivity contribution is 9.10. The smallest absolute Gasteiger partial charge is 0.354 e. The number of hydrogen-bond acceptors (Lipinski definition) is 4. The minimum Gasteiger partial charge on any atom is -0.354 e. The summed E-state index contributed by atoms with van der Waals surface area (Å²) < 4.78 is 39.4. The van der Waals surface area contributed by atoms with Gasteiger partial charge in [-0.05, 0) is 36.4 Å². The quantitative estimate of drug-likeness (QED) is 0.748. The number of alkyl halides is 3. The first-order valence-electron chi connectivity index (χ1n) is 8.88. The number of rotatable bonds is 5. The lowest BCUT2D eigenvalue weighted by molar-refractivity contribution is -0.141. The summed E-state index contributed by atoms with van der Waals surface area (Å²) in [6.07, 6.45) is -4.44. The first-order chi connectivity index (χ1) is 13.3.